The SMILES string of the molecule is CCCC(=O)c1cc(Cl)ccc1SC. The van der Waals surface area contributed by atoms with Crippen LogP contribution in [0, 0.1) is 0 Å². The van der Waals surface area contributed by atoms with Crippen molar-refractivity contribution in [1.82, 2.24) is 0 Å². The average molecular weight is 229 g/mol. The lowest BCUT2D eigenvalue weighted by atomic mass is 10.1. The molecule has 76 valence electrons. The summed E-state index contributed by atoms with van der Waals surface area (Å²) in [5, 5.41) is 0.627. The summed E-state index contributed by atoms with van der Waals surface area (Å²) in [7, 11) is 0. The molecular formula is C11H13ClOS. The van der Waals surface area contributed by atoms with Crippen LogP contribution in [-0.2, 0) is 0 Å². The highest BCUT2D eigenvalue weighted by Gasteiger charge is 2.10. The normalized spacial score (nSPS) is 10.2. The van der Waals surface area contributed by atoms with E-state index in [1.807, 2.05) is 25.3 Å². The maximum atomic E-state index is 11.7. The minimum Gasteiger partial charge on any atom is -0.294 e. The second kappa shape index (κ2) is 5.42. The number of benzene rings is 1. The number of hydrogen-bond acceptors (Lipinski definition) is 2. The van der Waals surface area contributed by atoms with Crippen molar-refractivity contribution in [2.24, 2.45) is 0 Å². The molecule has 3 heteroatoms. The zero-order chi connectivity index (χ0) is 10.6. The number of thioether (sulfide) groups is 1. The van der Waals surface area contributed by atoms with Crippen LogP contribution in [0.4, 0.5) is 0 Å². The van der Waals surface area contributed by atoms with Gasteiger partial charge in [-0.05, 0) is 30.9 Å². The molecule has 0 N–H and O–H groups in total. The van der Waals surface area contributed by atoms with Crippen molar-refractivity contribution >= 4 is 29.1 Å². The van der Waals surface area contributed by atoms with Crippen LogP contribution in [-0.4, -0.2) is 12.0 Å². The lowest BCUT2D eigenvalue weighted by molar-refractivity contribution is 0.0979. The third kappa shape index (κ3) is 2.76. The Labute approximate surface area is 93.8 Å². The van der Waals surface area contributed by atoms with Crippen LogP contribution >= 0.6 is 23.4 Å². The van der Waals surface area contributed by atoms with Gasteiger partial charge in [-0.3, -0.25) is 4.79 Å². The molecule has 1 aromatic carbocycles. The third-order valence-electron chi connectivity index (χ3n) is 1.94. The first kappa shape index (κ1) is 11.6. The summed E-state index contributed by atoms with van der Waals surface area (Å²) >= 11 is 7.44. The summed E-state index contributed by atoms with van der Waals surface area (Å²) in [6.45, 7) is 2.00. The van der Waals surface area contributed by atoms with E-state index in [1.54, 1.807) is 17.8 Å². The summed E-state index contributed by atoms with van der Waals surface area (Å²) in [5.41, 5.74) is 0.756. The van der Waals surface area contributed by atoms with Gasteiger partial charge >= 0.3 is 0 Å². The Bertz CT molecular complexity index is 336. The molecule has 0 fully saturated rings. The van der Waals surface area contributed by atoms with E-state index >= 15 is 0 Å². The number of carbonyl (C=O) groups is 1. The number of halogens is 1. The molecule has 0 bridgehead atoms. The molecule has 0 saturated heterocycles. The van der Waals surface area contributed by atoms with E-state index in [1.165, 1.54) is 0 Å². The topological polar surface area (TPSA) is 17.1 Å². The van der Waals surface area contributed by atoms with Crippen LogP contribution in [0.2, 0.25) is 5.02 Å². The van der Waals surface area contributed by atoms with E-state index < -0.39 is 0 Å². The molecular weight excluding hydrogens is 216 g/mol. The van der Waals surface area contributed by atoms with Gasteiger partial charge in [-0.2, -0.15) is 0 Å². The van der Waals surface area contributed by atoms with Crippen molar-refractivity contribution in [2.45, 2.75) is 24.7 Å². The Morgan fingerprint density at radius 1 is 1.50 bits per heavy atom. The third-order valence-corrected chi connectivity index (χ3v) is 2.97. The van der Waals surface area contributed by atoms with Crippen LogP contribution in [0.25, 0.3) is 0 Å². The van der Waals surface area contributed by atoms with Gasteiger partial charge in [-0.25, -0.2) is 0 Å². The summed E-state index contributed by atoms with van der Waals surface area (Å²) in [5.74, 6) is 0.180. The van der Waals surface area contributed by atoms with Crippen LogP contribution < -0.4 is 0 Å². The summed E-state index contributed by atoms with van der Waals surface area (Å²) in [4.78, 5) is 12.7. The van der Waals surface area contributed by atoms with Gasteiger partial charge in [0.25, 0.3) is 0 Å². The molecule has 0 amide bonds. The maximum absolute atomic E-state index is 11.7. The van der Waals surface area contributed by atoms with Crippen molar-refractivity contribution in [2.75, 3.05) is 6.26 Å². The second-order valence-corrected chi connectivity index (χ2v) is 4.30. The average Bonchev–Trinajstić information content (AvgIpc) is 2.18. The highest BCUT2D eigenvalue weighted by Crippen LogP contribution is 2.25. The predicted molar refractivity (Wildman–Crippen MR) is 62.5 cm³/mol. The van der Waals surface area contributed by atoms with Crippen molar-refractivity contribution in [3.05, 3.63) is 28.8 Å². The highest BCUT2D eigenvalue weighted by atomic mass is 35.5. The molecule has 1 aromatic rings. The van der Waals surface area contributed by atoms with Gasteiger partial charge in [0.05, 0.1) is 0 Å². The zero-order valence-electron chi connectivity index (χ0n) is 8.34. The Balaban J connectivity index is 3.03. The van der Waals surface area contributed by atoms with E-state index in [2.05, 4.69) is 0 Å². The number of ketones is 1. The van der Waals surface area contributed by atoms with Crippen LogP contribution in [0.15, 0.2) is 23.1 Å². The molecule has 0 aliphatic heterocycles. The standard InChI is InChI=1S/C11H13ClOS/c1-3-4-10(13)9-7-8(12)5-6-11(9)14-2/h5-7H,3-4H2,1-2H3. The smallest absolute Gasteiger partial charge is 0.164 e. The number of Topliss-reactive ketones (excluding diaryl/α,β-unsaturated/α-hetero) is 1. The Hall–Kier alpha value is -0.470. The monoisotopic (exact) mass is 228 g/mol. The minimum absolute atomic E-state index is 0.180. The number of rotatable bonds is 4. The van der Waals surface area contributed by atoms with Gasteiger partial charge in [0, 0.05) is 21.9 Å². The van der Waals surface area contributed by atoms with Gasteiger partial charge in [-0.15, -0.1) is 11.8 Å². The van der Waals surface area contributed by atoms with Crippen LogP contribution in [0.5, 0.6) is 0 Å². The highest BCUT2D eigenvalue weighted by molar-refractivity contribution is 7.98. The summed E-state index contributed by atoms with van der Waals surface area (Å²) in [6.07, 6.45) is 3.43. The minimum atomic E-state index is 0.180. The van der Waals surface area contributed by atoms with Gasteiger partial charge in [-0.1, -0.05) is 18.5 Å². The van der Waals surface area contributed by atoms with E-state index in [-0.39, 0.29) is 5.78 Å². The van der Waals surface area contributed by atoms with Crippen LogP contribution in [0.3, 0.4) is 0 Å². The molecule has 0 saturated carbocycles. The Morgan fingerprint density at radius 3 is 2.79 bits per heavy atom. The van der Waals surface area contributed by atoms with Gasteiger partial charge in [0.15, 0.2) is 5.78 Å². The van der Waals surface area contributed by atoms with Crippen LogP contribution in [0.1, 0.15) is 30.1 Å². The fraction of sp³-hybridized carbons (Fsp3) is 0.364. The van der Waals surface area contributed by atoms with Gasteiger partial charge < -0.3 is 0 Å². The summed E-state index contributed by atoms with van der Waals surface area (Å²) in [6, 6.07) is 5.47. The molecule has 0 aromatic heterocycles. The molecule has 1 nitrogen and oxygen atoms in total. The Morgan fingerprint density at radius 2 is 2.21 bits per heavy atom. The second-order valence-electron chi connectivity index (χ2n) is 3.02. The Kier molecular flexibility index (Phi) is 4.49. The lowest BCUT2D eigenvalue weighted by Crippen LogP contribution is -2.00. The van der Waals surface area contributed by atoms with E-state index in [9.17, 15) is 4.79 Å². The zero-order valence-corrected chi connectivity index (χ0v) is 9.91. The quantitative estimate of drug-likeness (QED) is 0.572. The maximum Gasteiger partial charge on any atom is 0.164 e. The van der Waals surface area contributed by atoms with E-state index in [4.69, 9.17) is 11.6 Å². The van der Waals surface area contributed by atoms with E-state index in [0.29, 0.717) is 11.4 Å². The fourth-order valence-electron chi connectivity index (χ4n) is 1.26. The molecule has 0 atom stereocenters. The molecule has 14 heavy (non-hydrogen) atoms. The number of hydrogen-bond donors (Lipinski definition) is 0. The first-order chi connectivity index (χ1) is 6.69. The van der Waals surface area contributed by atoms with Crippen molar-refractivity contribution in [3.63, 3.8) is 0 Å². The van der Waals surface area contributed by atoms with Crippen molar-refractivity contribution in [3.8, 4) is 0 Å². The number of carbonyl (C=O) groups excluding carboxylic acids is 1. The molecule has 0 aliphatic carbocycles. The summed E-state index contributed by atoms with van der Waals surface area (Å²) < 4.78 is 0. The van der Waals surface area contributed by atoms with Crippen molar-refractivity contribution in [1.29, 1.82) is 0 Å². The fourth-order valence-corrected chi connectivity index (χ4v) is 2.03. The molecule has 0 radical (unpaired) electrons. The molecule has 0 aliphatic rings. The lowest BCUT2D eigenvalue weighted by Gasteiger charge is -2.05. The molecule has 0 unspecified atom stereocenters. The predicted octanol–water partition coefficient (Wildman–Crippen LogP) is 4.04. The first-order valence-electron chi connectivity index (χ1n) is 4.55. The molecule has 1 rings (SSSR count). The van der Waals surface area contributed by atoms with Gasteiger partial charge in [0.1, 0.15) is 0 Å². The first-order valence-corrected chi connectivity index (χ1v) is 6.16. The largest absolute Gasteiger partial charge is 0.294 e. The van der Waals surface area contributed by atoms with Gasteiger partial charge in [0.2, 0.25) is 0 Å². The molecule has 0 spiro atoms. The van der Waals surface area contributed by atoms with E-state index in [0.717, 1.165) is 16.9 Å². The molecule has 0 heterocycles. The van der Waals surface area contributed by atoms with Crippen molar-refractivity contribution < 1.29 is 4.79 Å².